The molecule has 0 saturated heterocycles. The van der Waals surface area contributed by atoms with Gasteiger partial charge in [-0.3, -0.25) is 0 Å². The Balaban J connectivity index is 1.54. The molecule has 0 amide bonds. The van der Waals surface area contributed by atoms with Crippen molar-refractivity contribution in [1.82, 2.24) is 19.9 Å². The fourth-order valence-electron chi connectivity index (χ4n) is 3.86. The molecule has 5 heteroatoms. The van der Waals surface area contributed by atoms with Crippen LogP contribution in [0.25, 0.3) is 11.4 Å². The molecule has 146 valence electrons. The van der Waals surface area contributed by atoms with E-state index >= 15 is 0 Å². The Bertz CT molecular complexity index is 664. The van der Waals surface area contributed by atoms with E-state index < -0.39 is 0 Å². The summed E-state index contributed by atoms with van der Waals surface area (Å²) in [5.41, 5.74) is 0.857. The summed E-state index contributed by atoms with van der Waals surface area (Å²) in [5, 5.41) is 0. The molecule has 27 heavy (non-hydrogen) atoms. The molecule has 5 nitrogen and oxygen atoms in total. The Hall–Kier alpha value is -2.04. The van der Waals surface area contributed by atoms with Crippen molar-refractivity contribution in [2.45, 2.75) is 77.6 Å². The largest absolute Gasteiger partial charge is 0.490 e. The molecule has 2 aromatic rings. The van der Waals surface area contributed by atoms with Crippen molar-refractivity contribution in [1.29, 1.82) is 0 Å². The van der Waals surface area contributed by atoms with E-state index in [2.05, 4.69) is 33.8 Å². The van der Waals surface area contributed by atoms with Gasteiger partial charge < -0.3 is 4.74 Å². The molecule has 1 saturated carbocycles. The van der Waals surface area contributed by atoms with Crippen LogP contribution >= 0.6 is 0 Å². The maximum Gasteiger partial charge on any atom is 0.162 e. The highest BCUT2D eigenvalue weighted by atomic mass is 16.5. The Labute approximate surface area is 163 Å². The van der Waals surface area contributed by atoms with Gasteiger partial charge in [0.25, 0.3) is 0 Å². The van der Waals surface area contributed by atoms with Crippen molar-refractivity contribution in [2.75, 3.05) is 6.61 Å². The van der Waals surface area contributed by atoms with Crippen LogP contribution in [-0.4, -0.2) is 26.5 Å². The molecule has 0 atom stereocenters. The molecule has 0 radical (unpaired) electrons. The lowest BCUT2D eigenvalue weighted by molar-refractivity contribution is 0.302. The quantitative estimate of drug-likeness (QED) is 0.541. The number of rotatable bonds is 9. The summed E-state index contributed by atoms with van der Waals surface area (Å²) in [7, 11) is 0. The van der Waals surface area contributed by atoms with Gasteiger partial charge >= 0.3 is 0 Å². The molecular formula is C22H32N4O. The minimum absolute atomic E-state index is 0.506. The van der Waals surface area contributed by atoms with E-state index in [1.165, 1.54) is 51.4 Å². The first-order valence-electron chi connectivity index (χ1n) is 10.6. The van der Waals surface area contributed by atoms with E-state index in [4.69, 9.17) is 4.74 Å². The average Bonchev–Trinajstić information content (AvgIpc) is 2.73. The van der Waals surface area contributed by atoms with E-state index in [0.717, 1.165) is 36.1 Å². The summed E-state index contributed by atoms with van der Waals surface area (Å²) in [5.74, 6) is 3.75. The molecule has 3 rings (SSSR count). The Morgan fingerprint density at radius 1 is 0.852 bits per heavy atom. The average molecular weight is 369 g/mol. The van der Waals surface area contributed by atoms with E-state index in [1.807, 2.05) is 12.4 Å². The van der Waals surface area contributed by atoms with Gasteiger partial charge in [0.1, 0.15) is 5.82 Å². The Morgan fingerprint density at radius 2 is 1.56 bits per heavy atom. The minimum Gasteiger partial charge on any atom is -0.490 e. The van der Waals surface area contributed by atoms with Crippen LogP contribution in [-0.2, 0) is 0 Å². The highest BCUT2D eigenvalue weighted by molar-refractivity contribution is 5.51. The molecule has 2 heterocycles. The van der Waals surface area contributed by atoms with Gasteiger partial charge in [0, 0.05) is 18.3 Å². The van der Waals surface area contributed by atoms with E-state index in [-0.39, 0.29) is 0 Å². The lowest BCUT2D eigenvalue weighted by Gasteiger charge is -2.27. The summed E-state index contributed by atoms with van der Waals surface area (Å²) < 4.78 is 5.67. The number of aromatic nitrogens is 4. The summed E-state index contributed by atoms with van der Waals surface area (Å²) in [6.45, 7) is 5.18. The van der Waals surface area contributed by atoms with Gasteiger partial charge in [0.05, 0.1) is 24.6 Å². The second-order valence-corrected chi connectivity index (χ2v) is 7.63. The Kier molecular flexibility index (Phi) is 7.55. The van der Waals surface area contributed by atoms with Crippen LogP contribution in [0.1, 0.15) is 83.4 Å². The molecule has 0 unspecified atom stereocenters. The molecule has 1 aliphatic carbocycles. The predicted octanol–water partition coefficient (Wildman–Crippen LogP) is 5.58. The predicted molar refractivity (Wildman–Crippen MR) is 108 cm³/mol. The van der Waals surface area contributed by atoms with E-state index in [9.17, 15) is 0 Å². The van der Waals surface area contributed by atoms with Gasteiger partial charge in [-0.25, -0.2) is 19.9 Å². The first-order chi connectivity index (χ1) is 13.3. The molecule has 1 aliphatic rings. The number of unbranched alkanes of at least 4 members (excludes halogenated alkanes) is 2. The third-order valence-electron chi connectivity index (χ3n) is 5.48. The summed E-state index contributed by atoms with van der Waals surface area (Å²) >= 11 is 0. The highest BCUT2D eigenvalue weighted by Crippen LogP contribution is 2.36. The van der Waals surface area contributed by atoms with Crippen molar-refractivity contribution in [3.05, 3.63) is 30.6 Å². The second-order valence-electron chi connectivity index (χ2n) is 7.63. The van der Waals surface area contributed by atoms with Crippen LogP contribution in [0.3, 0.4) is 0 Å². The van der Waals surface area contributed by atoms with Gasteiger partial charge in [0.15, 0.2) is 11.6 Å². The Morgan fingerprint density at radius 3 is 2.19 bits per heavy atom. The van der Waals surface area contributed by atoms with Crippen molar-refractivity contribution in [2.24, 2.45) is 5.92 Å². The fraction of sp³-hybridized carbons (Fsp3) is 0.636. The maximum absolute atomic E-state index is 5.67. The summed E-state index contributed by atoms with van der Waals surface area (Å²) in [4.78, 5) is 18.0. The monoisotopic (exact) mass is 368 g/mol. The highest BCUT2D eigenvalue weighted by Gasteiger charge is 2.23. The van der Waals surface area contributed by atoms with Crippen LogP contribution in [0.2, 0.25) is 0 Å². The SMILES string of the molecule is CCCCCOc1cnc(-c2cnc([C@H]3CC[C@H](CCC)CC3)nc2)nc1. The zero-order valence-electron chi connectivity index (χ0n) is 16.7. The standard InChI is InChI=1S/C22H32N4O/c1-3-5-6-12-27-20-15-25-22(26-16-20)19-13-23-21(24-14-19)18-10-8-17(7-4-2)9-11-18/h13-18H,3-12H2,1-2H3/t17-,18-. The lowest BCUT2D eigenvalue weighted by Crippen LogP contribution is -2.15. The van der Waals surface area contributed by atoms with Crippen LogP contribution in [0.15, 0.2) is 24.8 Å². The third-order valence-corrected chi connectivity index (χ3v) is 5.48. The molecule has 0 spiro atoms. The normalized spacial score (nSPS) is 19.8. The van der Waals surface area contributed by atoms with Crippen LogP contribution < -0.4 is 4.74 Å². The van der Waals surface area contributed by atoms with Gasteiger partial charge in [-0.05, 0) is 38.0 Å². The van der Waals surface area contributed by atoms with Crippen molar-refractivity contribution >= 4 is 0 Å². The minimum atomic E-state index is 0.506. The molecule has 0 aliphatic heterocycles. The van der Waals surface area contributed by atoms with Crippen LogP contribution in [0.5, 0.6) is 5.75 Å². The zero-order valence-corrected chi connectivity index (χ0v) is 16.7. The van der Waals surface area contributed by atoms with E-state index in [0.29, 0.717) is 11.7 Å². The molecular weight excluding hydrogens is 336 g/mol. The molecule has 0 N–H and O–H groups in total. The van der Waals surface area contributed by atoms with E-state index in [1.54, 1.807) is 12.4 Å². The van der Waals surface area contributed by atoms with Gasteiger partial charge in [-0.1, -0.05) is 39.5 Å². The number of hydrogen-bond donors (Lipinski definition) is 0. The molecule has 0 aromatic carbocycles. The van der Waals surface area contributed by atoms with Gasteiger partial charge in [-0.2, -0.15) is 0 Å². The molecule has 2 aromatic heterocycles. The van der Waals surface area contributed by atoms with Gasteiger partial charge in [0.2, 0.25) is 0 Å². The fourth-order valence-corrected chi connectivity index (χ4v) is 3.86. The summed E-state index contributed by atoms with van der Waals surface area (Å²) in [6, 6.07) is 0. The molecule has 0 bridgehead atoms. The van der Waals surface area contributed by atoms with Gasteiger partial charge in [-0.15, -0.1) is 0 Å². The van der Waals surface area contributed by atoms with Crippen LogP contribution in [0.4, 0.5) is 0 Å². The molecule has 1 fully saturated rings. The smallest absolute Gasteiger partial charge is 0.162 e. The lowest BCUT2D eigenvalue weighted by atomic mass is 9.80. The second kappa shape index (κ2) is 10.3. The van der Waals surface area contributed by atoms with Crippen molar-refractivity contribution in [3.63, 3.8) is 0 Å². The number of ether oxygens (including phenoxy) is 1. The van der Waals surface area contributed by atoms with Crippen molar-refractivity contribution < 1.29 is 4.74 Å². The number of nitrogens with zero attached hydrogens (tertiary/aromatic N) is 4. The van der Waals surface area contributed by atoms with Crippen molar-refractivity contribution in [3.8, 4) is 17.1 Å². The summed E-state index contributed by atoms with van der Waals surface area (Å²) in [6.07, 6.45) is 18.3. The zero-order chi connectivity index (χ0) is 18.9. The maximum atomic E-state index is 5.67. The number of hydrogen-bond acceptors (Lipinski definition) is 5. The topological polar surface area (TPSA) is 60.8 Å². The first kappa shape index (κ1) is 19.7. The third kappa shape index (κ3) is 5.72. The van der Waals surface area contributed by atoms with Crippen LogP contribution in [0, 0.1) is 5.92 Å². The first-order valence-corrected chi connectivity index (χ1v) is 10.6.